The number of carbonyl (C=O) groups excluding carboxylic acids is 1. The predicted octanol–water partition coefficient (Wildman–Crippen LogP) is 2.50. The van der Waals surface area contributed by atoms with Crippen LogP contribution in [-0.4, -0.2) is 18.5 Å². The number of rotatable bonds is 6. The van der Waals surface area contributed by atoms with Gasteiger partial charge in [-0.2, -0.15) is 0 Å². The fourth-order valence-electron chi connectivity index (χ4n) is 2.14. The van der Waals surface area contributed by atoms with Crippen LogP contribution in [-0.2, 0) is 17.6 Å². The smallest absolute Gasteiger partial charge is 0.239 e. The van der Waals surface area contributed by atoms with E-state index >= 15 is 0 Å². The maximum absolute atomic E-state index is 11.7. The standard InChI is InChI=1S/C15H22N2O/c1-3-11-6-5-7-12(4-2)15(11)16-10-14(18)17-13-8-9-13/h5-7,13,16H,3-4,8-10H2,1-2H3,(H,17,18). The van der Waals surface area contributed by atoms with Crippen molar-refractivity contribution in [1.82, 2.24) is 5.32 Å². The van der Waals surface area contributed by atoms with E-state index in [2.05, 4.69) is 42.7 Å². The molecule has 0 spiro atoms. The maximum Gasteiger partial charge on any atom is 0.239 e. The molecule has 1 aliphatic rings. The molecule has 0 heterocycles. The van der Waals surface area contributed by atoms with Crippen molar-refractivity contribution >= 4 is 11.6 Å². The van der Waals surface area contributed by atoms with Crippen LogP contribution in [0.4, 0.5) is 5.69 Å². The quantitative estimate of drug-likeness (QED) is 0.809. The summed E-state index contributed by atoms with van der Waals surface area (Å²) in [5.41, 5.74) is 3.72. The summed E-state index contributed by atoms with van der Waals surface area (Å²) in [6, 6.07) is 6.78. The highest BCUT2D eigenvalue weighted by molar-refractivity contribution is 5.81. The Bertz CT molecular complexity index is 402. The Hall–Kier alpha value is -1.51. The third-order valence-corrected chi connectivity index (χ3v) is 3.37. The second kappa shape index (κ2) is 5.89. The van der Waals surface area contributed by atoms with Gasteiger partial charge in [-0.3, -0.25) is 4.79 Å². The van der Waals surface area contributed by atoms with Gasteiger partial charge in [-0.05, 0) is 36.8 Å². The molecular formula is C15H22N2O. The molecule has 1 aromatic rings. The fourth-order valence-corrected chi connectivity index (χ4v) is 2.14. The molecule has 2 N–H and O–H groups in total. The van der Waals surface area contributed by atoms with Crippen molar-refractivity contribution in [3.8, 4) is 0 Å². The zero-order valence-corrected chi connectivity index (χ0v) is 11.3. The lowest BCUT2D eigenvalue weighted by Crippen LogP contribution is -2.31. The van der Waals surface area contributed by atoms with E-state index in [1.807, 2.05) is 0 Å². The zero-order valence-electron chi connectivity index (χ0n) is 11.3. The Kier molecular flexibility index (Phi) is 4.24. The minimum Gasteiger partial charge on any atom is -0.376 e. The van der Waals surface area contributed by atoms with E-state index < -0.39 is 0 Å². The van der Waals surface area contributed by atoms with Crippen LogP contribution in [0.2, 0.25) is 0 Å². The largest absolute Gasteiger partial charge is 0.376 e. The van der Waals surface area contributed by atoms with Crippen LogP contribution in [0.3, 0.4) is 0 Å². The van der Waals surface area contributed by atoms with Gasteiger partial charge in [0.15, 0.2) is 0 Å². The lowest BCUT2D eigenvalue weighted by Gasteiger charge is -2.15. The Labute approximate surface area is 109 Å². The molecule has 3 heteroatoms. The van der Waals surface area contributed by atoms with Gasteiger partial charge in [0.1, 0.15) is 0 Å². The first-order valence-corrected chi connectivity index (χ1v) is 6.88. The van der Waals surface area contributed by atoms with Crippen LogP contribution in [0.15, 0.2) is 18.2 Å². The average Bonchev–Trinajstić information content (AvgIpc) is 3.19. The van der Waals surface area contributed by atoms with E-state index in [9.17, 15) is 4.79 Å². The number of hydrogen-bond acceptors (Lipinski definition) is 2. The highest BCUT2D eigenvalue weighted by Gasteiger charge is 2.23. The summed E-state index contributed by atoms with van der Waals surface area (Å²) in [7, 11) is 0. The lowest BCUT2D eigenvalue weighted by atomic mass is 10.0. The third-order valence-electron chi connectivity index (χ3n) is 3.37. The SMILES string of the molecule is CCc1cccc(CC)c1NCC(=O)NC1CC1. The molecule has 0 bridgehead atoms. The van der Waals surface area contributed by atoms with Crippen molar-refractivity contribution in [3.05, 3.63) is 29.3 Å². The minimum atomic E-state index is 0.102. The van der Waals surface area contributed by atoms with Crippen molar-refractivity contribution in [2.45, 2.75) is 45.6 Å². The Morgan fingerprint density at radius 3 is 2.33 bits per heavy atom. The van der Waals surface area contributed by atoms with Crippen LogP contribution in [0.25, 0.3) is 0 Å². The minimum absolute atomic E-state index is 0.102. The van der Waals surface area contributed by atoms with E-state index in [-0.39, 0.29) is 5.91 Å². The molecule has 18 heavy (non-hydrogen) atoms. The van der Waals surface area contributed by atoms with Gasteiger partial charge in [0.05, 0.1) is 6.54 Å². The highest BCUT2D eigenvalue weighted by Crippen LogP contribution is 2.22. The number of amides is 1. The predicted molar refractivity (Wildman–Crippen MR) is 74.9 cm³/mol. The van der Waals surface area contributed by atoms with Gasteiger partial charge in [-0.25, -0.2) is 0 Å². The van der Waals surface area contributed by atoms with Crippen molar-refractivity contribution < 1.29 is 4.79 Å². The molecule has 0 aliphatic heterocycles. The van der Waals surface area contributed by atoms with Crippen molar-refractivity contribution in [3.63, 3.8) is 0 Å². The van der Waals surface area contributed by atoms with Crippen LogP contribution < -0.4 is 10.6 Å². The fraction of sp³-hybridized carbons (Fsp3) is 0.533. The van der Waals surface area contributed by atoms with Crippen LogP contribution in [0.1, 0.15) is 37.8 Å². The normalized spacial score (nSPS) is 14.3. The number of benzene rings is 1. The van der Waals surface area contributed by atoms with Gasteiger partial charge in [0.2, 0.25) is 5.91 Å². The van der Waals surface area contributed by atoms with E-state index in [1.54, 1.807) is 0 Å². The molecule has 1 amide bonds. The summed E-state index contributed by atoms with van der Waals surface area (Å²) in [5, 5.41) is 6.30. The average molecular weight is 246 g/mol. The van der Waals surface area contributed by atoms with Gasteiger partial charge in [-0.1, -0.05) is 32.0 Å². The molecule has 98 valence electrons. The van der Waals surface area contributed by atoms with Crippen LogP contribution in [0, 0.1) is 0 Å². The van der Waals surface area contributed by atoms with Crippen molar-refractivity contribution in [1.29, 1.82) is 0 Å². The van der Waals surface area contributed by atoms with Crippen molar-refractivity contribution in [2.24, 2.45) is 0 Å². The monoisotopic (exact) mass is 246 g/mol. The number of anilines is 1. The second-order valence-corrected chi connectivity index (χ2v) is 4.85. The number of nitrogens with one attached hydrogen (secondary N) is 2. The summed E-state index contributed by atoms with van der Waals surface area (Å²) in [5.74, 6) is 0.102. The Morgan fingerprint density at radius 1 is 1.22 bits per heavy atom. The summed E-state index contributed by atoms with van der Waals surface area (Å²) in [6.45, 7) is 4.66. The number of aryl methyl sites for hydroxylation is 2. The van der Waals surface area contributed by atoms with Crippen molar-refractivity contribution in [2.75, 3.05) is 11.9 Å². The lowest BCUT2D eigenvalue weighted by molar-refractivity contribution is -0.119. The second-order valence-electron chi connectivity index (χ2n) is 4.85. The molecular weight excluding hydrogens is 224 g/mol. The van der Waals surface area contributed by atoms with Crippen LogP contribution in [0.5, 0.6) is 0 Å². The summed E-state index contributed by atoms with van der Waals surface area (Å²) in [4.78, 5) is 11.7. The number of hydrogen-bond donors (Lipinski definition) is 2. The van der Waals surface area contributed by atoms with E-state index in [4.69, 9.17) is 0 Å². The highest BCUT2D eigenvalue weighted by atomic mass is 16.2. The van der Waals surface area contributed by atoms with Gasteiger partial charge in [0, 0.05) is 11.7 Å². The number of para-hydroxylation sites is 1. The van der Waals surface area contributed by atoms with E-state index in [0.717, 1.165) is 31.4 Å². The van der Waals surface area contributed by atoms with Gasteiger partial charge >= 0.3 is 0 Å². The summed E-state index contributed by atoms with van der Waals surface area (Å²) in [6.07, 6.45) is 4.25. The summed E-state index contributed by atoms with van der Waals surface area (Å²) >= 11 is 0. The van der Waals surface area contributed by atoms with Gasteiger partial charge < -0.3 is 10.6 Å². The number of carbonyl (C=O) groups is 1. The Morgan fingerprint density at radius 2 is 1.83 bits per heavy atom. The van der Waals surface area contributed by atoms with Crippen LogP contribution >= 0.6 is 0 Å². The first-order chi connectivity index (χ1) is 8.74. The molecule has 0 radical (unpaired) electrons. The molecule has 1 aromatic carbocycles. The molecule has 1 saturated carbocycles. The molecule has 0 saturated heterocycles. The van der Waals surface area contributed by atoms with E-state index in [1.165, 1.54) is 11.1 Å². The molecule has 1 fully saturated rings. The summed E-state index contributed by atoms with van der Waals surface area (Å²) < 4.78 is 0. The Balaban J connectivity index is 1.99. The molecule has 2 rings (SSSR count). The maximum atomic E-state index is 11.7. The third kappa shape index (κ3) is 3.25. The molecule has 0 unspecified atom stereocenters. The first-order valence-electron chi connectivity index (χ1n) is 6.88. The first kappa shape index (κ1) is 12.9. The topological polar surface area (TPSA) is 41.1 Å². The van der Waals surface area contributed by atoms with Gasteiger partial charge in [-0.15, -0.1) is 0 Å². The van der Waals surface area contributed by atoms with Gasteiger partial charge in [0.25, 0.3) is 0 Å². The molecule has 0 aromatic heterocycles. The molecule has 0 atom stereocenters. The zero-order chi connectivity index (χ0) is 13.0. The van der Waals surface area contributed by atoms with E-state index in [0.29, 0.717) is 12.6 Å². The molecule has 3 nitrogen and oxygen atoms in total. The molecule has 1 aliphatic carbocycles.